The number of rotatable bonds is 7. The third-order valence-corrected chi connectivity index (χ3v) is 5.39. The van der Waals surface area contributed by atoms with Crippen LogP contribution in [0, 0.1) is 13.8 Å². The van der Waals surface area contributed by atoms with Crippen LogP contribution in [0.25, 0.3) is 0 Å². The van der Waals surface area contributed by atoms with E-state index in [1.54, 1.807) is 30.0 Å². The number of benzene rings is 2. The van der Waals surface area contributed by atoms with E-state index >= 15 is 0 Å². The summed E-state index contributed by atoms with van der Waals surface area (Å²) < 4.78 is 0. The van der Waals surface area contributed by atoms with Gasteiger partial charge in [-0.3, -0.25) is 9.59 Å². The quantitative estimate of drug-likeness (QED) is 0.704. The van der Waals surface area contributed by atoms with Crippen LogP contribution in [-0.2, 0) is 22.6 Å². The Morgan fingerprint density at radius 1 is 1.07 bits per heavy atom. The molecule has 0 radical (unpaired) electrons. The molecule has 6 heteroatoms. The van der Waals surface area contributed by atoms with Gasteiger partial charge in [-0.2, -0.15) is 0 Å². The zero-order chi connectivity index (χ0) is 20.8. The minimum atomic E-state index is -0.620. The fraction of sp³-hybridized carbons (Fsp3) is 0.364. The summed E-state index contributed by atoms with van der Waals surface area (Å²) >= 11 is 12.3. The number of halogens is 2. The Morgan fingerprint density at radius 3 is 2.39 bits per heavy atom. The lowest BCUT2D eigenvalue weighted by molar-refractivity contribution is -0.140. The maximum atomic E-state index is 13.1. The molecule has 2 aromatic carbocycles. The van der Waals surface area contributed by atoms with Gasteiger partial charge in [0.1, 0.15) is 6.04 Å². The summed E-state index contributed by atoms with van der Waals surface area (Å²) in [7, 11) is 0. The van der Waals surface area contributed by atoms with E-state index in [4.69, 9.17) is 23.2 Å². The second kappa shape index (κ2) is 9.94. The first kappa shape index (κ1) is 22.3. The molecule has 0 heterocycles. The van der Waals surface area contributed by atoms with Gasteiger partial charge in [0, 0.05) is 23.1 Å². The average molecular weight is 421 g/mol. The van der Waals surface area contributed by atoms with E-state index in [9.17, 15) is 9.59 Å². The lowest BCUT2D eigenvalue weighted by atomic mass is 10.0. The molecular weight excluding hydrogens is 395 g/mol. The van der Waals surface area contributed by atoms with Crippen molar-refractivity contribution in [3.05, 3.63) is 68.7 Å². The molecule has 0 aliphatic carbocycles. The Balaban J connectivity index is 2.29. The molecule has 0 aliphatic heterocycles. The second-order valence-electron chi connectivity index (χ2n) is 6.92. The van der Waals surface area contributed by atoms with Gasteiger partial charge in [-0.25, -0.2) is 0 Å². The van der Waals surface area contributed by atoms with Crippen LogP contribution in [0.4, 0.5) is 0 Å². The third kappa shape index (κ3) is 5.73. The molecule has 0 fully saturated rings. The van der Waals surface area contributed by atoms with E-state index in [-0.39, 0.29) is 24.8 Å². The molecule has 2 rings (SSSR count). The molecule has 4 nitrogen and oxygen atoms in total. The largest absolute Gasteiger partial charge is 0.355 e. The average Bonchev–Trinajstić information content (AvgIpc) is 2.63. The number of hydrogen-bond acceptors (Lipinski definition) is 2. The number of nitrogens with one attached hydrogen (secondary N) is 1. The monoisotopic (exact) mass is 420 g/mol. The second-order valence-corrected chi connectivity index (χ2v) is 7.77. The molecule has 0 aliphatic rings. The van der Waals surface area contributed by atoms with Crippen molar-refractivity contribution in [2.24, 2.45) is 0 Å². The van der Waals surface area contributed by atoms with Gasteiger partial charge in [-0.15, -0.1) is 0 Å². The van der Waals surface area contributed by atoms with Crippen LogP contribution in [0.5, 0.6) is 0 Å². The topological polar surface area (TPSA) is 49.4 Å². The van der Waals surface area contributed by atoms with Gasteiger partial charge in [-0.05, 0) is 62.1 Å². The summed E-state index contributed by atoms with van der Waals surface area (Å²) in [6.07, 6.45) is 0.218. The van der Waals surface area contributed by atoms with Crippen molar-refractivity contribution in [1.29, 1.82) is 0 Å². The minimum absolute atomic E-state index is 0.131. The van der Waals surface area contributed by atoms with E-state index in [0.717, 1.165) is 16.7 Å². The summed E-state index contributed by atoms with van der Waals surface area (Å²) in [6, 6.07) is 10.5. The summed E-state index contributed by atoms with van der Waals surface area (Å²) in [5.74, 6) is -0.325. The lowest BCUT2D eigenvalue weighted by Crippen LogP contribution is -2.48. The Kier molecular flexibility index (Phi) is 7.90. The highest BCUT2D eigenvalue weighted by Gasteiger charge is 2.26. The number of amides is 2. The fourth-order valence-electron chi connectivity index (χ4n) is 2.93. The molecular formula is C22H26Cl2N2O2. The predicted octanol–water partition coefficient (Wildman–Crippen LogP) is 4.71. The fourth-order valence-corrected chi connectivity index (χ4v) is 3.40. The number of likely N-dealkylation sites (N-methyl/N-ethyl adjacent to an activating group) is 1. The Labute approximate surface area is 176 Å². The summed E-state index contributed by atoms with van der Waals surface area (Å²) in [5, 5.41) is 3.78. The molecule has 1 N–H and O–H groups in total. The molecule has 0 unspecified atom stereocenters. The Bertz CT molecular complexity index is 868. The SMILES string of the molecule is CCNC(=O)[C@H](C)N(Cc1ccc(Cl)cc1Cl)C(=O)Cc1ccc(C)c(C)c1. The van der Waals surface area contributed by atoms with Gasteiger partial charge in [0.2, 0.25) is 11.8 Å². The minimum Gasteiger partial charge on any atom is -0.355 e. The van der Waals surface area contributed by atoms with E-state index in [0.29, 0.717) is 16.6 Å². The molecule has 1 atom stereocenters. The number of carbonyl (C=O) groups is 2. The Morgan fingerprint density at radius 2 is 1.79 bits per heavy atom. The van der Waals surface area contributed by atoms with E-state index in [2.05, 4.69) is 5.32 Å². The molecule has 2 amide bonds. The zero-order valence-corrected chi connectivity index (χ0v) is 18.2. The highest BCUT2D eigenvalue weighted by molar-refractivity contribution is 6.35. The predicted molar refractivity (Wildman–Crippen MR) is 115 cm³/mol. The van der Waals surface area contributed by atoms with Crippen molar-refractivity contribution in [3.63, 3.8) is 0 Å². The summed E-state index contributed by atoms with van der Waals surface area (Å²) in [6.45, 7) is 8.37. The molecule has 0 spiro atoms. The third-order valence-electron chi connectivity index (χ3n) is 4.80. The maximum Gasteiger partial charge on any atom is 0.242 e. The number of aryl methyl sites for hydroxylation is 2. The molecule has 0 bridgehead atoms. The standard InChI is InChI=1S/C22H26Cl2N2O2/c1-5-25-22(28)16(4)26(13-18-8-9-19(23)12-20(18)24)21(27)11-17-7-6-14(2)15(3)10-17/h6-10,12,16H,5,11,13H2,1-4H3,(H,25,28)/t16-/m0/s1. The first-order chi connectivity index (χ1) is 13.2. The molecule has 0 saturated heterocycles. The highest BCUT2D eigenvalue weighted by Crippen LogP contribution is 2.23. The Hall–Kier alpha value is -2.04. The summed E-state index contributed by atoms with van der Waals surface area (Å²) in [5.41, 5.74) is 3.98. The van der Waals surface area contributed by atoms with E-state index < -0.39 is 6.04 Å². The van der Waals surface area contributed by atoms with Crippen molar-refractivity contribution in [3.8, 4) is 0 Å². The molecule has 150 valence electrons. The van der Waals surface area contributed by atoms with Crippen LogP contribution >= 0.6 is 23.2 Å². The van der Waals surface area contributed by atoms with Crippen LogP contribution < -0.4 is 5.32 Å². The van der Waals surface area contributed by atoms with Crippen molar-refractivity contribution >= 4 is 35.0 Å². The number of hydrogen-bond donors (Lipinski definition) is 1. The van der Waals surface area contributed by atoms with Gasteiger partial charge < -0.3 is 10.2 Å². The van der Waals surface area contributed by atoms with Crippen molar-refractivity contribution in [1.82, 2.24) is 10.2 Å². The molecule has 0 saturated carbocycles. The molecule has 0 aromatic heterocycles. The van der Waals surface area contributed by atoms with Gasteiger partial charge in [-0.1, -0.05) is 47.5 Å². The smallest absolute Gasteiger partial charge is 0.242 e. The number of carbonyl (C=O) groups excluding carboxylic acids is 2. The summed E-state index contributed by atoms with van der Waals surface area (Å²) in [4.78, 5) is 27.1. The van der Waals surface area contributed by atoms with Crippen LogP contribution in [0.15, 0.2) is 36.4 Å². The van der Waals surface area contributed by atoms with Crippen molar-refractivity contribution in [2.45, 2.75) is 46.7 Å². The van der Waals surface area contributed by atoms with Crippen LogP contribution in [0.1, 0.15) is 36.1 Å². The van der Waals surface area contributed by atoms with Crippen LogP contribution in [0.2, 0.25) is 10.0 Å². The zero-order valence-electron chi connectivity index (χ0n) is 16.7. The van der Waals surface area contributed by atoms with Crippen LogP contribution in [-0.4, -0.2) is 29.3 Å². The normalized spacial score (nSPS) is 11.8. The van der Waals surface area contributed by atoms with Gasteiger partial charge in [0.05, 0.1) is 6.42 Å². The van der Waals surface area contributed by atoms with E-state index in [1.807, 2.05) is 39.0 Å². The first-order valence-corrected chi connectivity index (χ1v) is 10.1. The highest BCUT2D eigenvalue weighted by atomic mass is 35.5. The van der Waals surface area contributed by atoms with Crippen molar-refractivity contribution in [2.75, 3.05) is 6.54 Å². The lowest BCUT2D eigenvalue weighted by Gasteiger charge is -2.29. The number of nitrogens with zero attached hydrogens (tertiary/aromatic N) is 1. The van der Waals surface area contributed by atoms with Gasteiger partial charge in [0.15, 0.2) is 0 Å². The molecule has 2 aromatic rings. The van der Waals surface area contributed by atoms with E-state index in [1.165, 1.54) is 5.56 Å². The van der Waals surface area contributed by atoms with Gasteiger partial charge in [0.25, 0.3) is 0 Å². The first-order valence-electron chi connectivity index (χ1n) is 9.30. The van der Waals surface area contributed by atoms with Crippen LogP contribution in [0.3, 0.4) is 0 Å². The van der Waals surface area contributed by atoms with Gasteiger partial charge >= 0.3 is 0 Å². The van der Waals surface area contributed by atoms with Crippen molar-refractivity contribution < 1.29 is 9.59 Å². The maximum absolute atomic E-state index is 13.1. The molecule has 28 heavy (non-hydrogen) atoms.